The van der Waals surface area contributed by atoms with Crippen molar-refractivity contribution in [3.63, 3.8) is 0 Å². The zero-order chi connectivity index (χ0) is 10.3. The van der Waals surface area contributed by atoms with Gasteiger partial charge in [-0.25, -0.2) is 9.18 Å². The molecule has 1 N–H and O–H groups in total. The van der Waals surface area contributed by atoms with Gasteiger partial charge in [-0.15, -0.1) is 0 Å². The normalized spacial score (nSPS) is 14.2. The third-order valence-corrected chi connectivity index (χ3v) is 2.35. The number of hydrogen-bond acceptors (Lipinski definition) is 2. The molecule has 0 saturated carbocycles. The van der Waals surface area contributed by atoms with Gasteiger partial charge in [0.25, 0.3) is 0 Å². The predicted molar refractivity (Wildman–Crippen MR) is 46.0 cm³/mol. The lowest BCUT2D eigenvalue weighted by Crippen LogP contribution is -2.03. The Morgan fingerprint density at radius 2 is 2.07 bits per heavy atom. The van der Waals surface area contributed by atoms with Crippen LogP contribution in [-0.2, 0) is 6.42 Å². The van der Waals surface area contributed by atoms with E-state index in [9.17, 15) is 14.0 Å². The molecule has 1 aliphatic carbocycles. The number of carboxylic acids is 1. The zero-order valence-corrected chi connectivity index (χ0v) is 7.21. The predicted octanol–water partition coefficient (Wildman–Crippen LogP) is 1.65. The first-order valence-electron chi connectivity index (χ1n) is 4.18. The van der Waals surface area contributed by atoms with Crippen molar-refractivity contribution >= 4 is 11.8 Å². The second-order valence-corrected chi connectivity index (χ2v) is 3.22. The van der Waals surface area contributed by atoms with E-state index in [0.717, 1.165) is 6.07 Å². The summed E-state index contributed by atoms with van der Waals surface area (Å²) in [6.07, 6.45) is 0.854. The van der Waals surface area contributed by atoms with E-state index in [1.165, 1.54) is 6.07 Å². The number of Topliss-reactive ketones (excluding diaryl/α,β-unsaturated/α-hetero) is 1. The van der Waals surface area contributed by atoms with Crippen LogP contribution in [0.5, 0.6) is 0 Å². The molecule has 1 aromatic carbocycles. The number of fused-ring (bicyclic) bond motifs is 1. The van der Waals surface area contributed by atoms with E-state index in [1.54, 1.807) is 0 Å². The molecular formula is C10H7FO3. The van der Waals surface area contributed by atoms with Gasteiger partial charge in [0, 0.05) is 12.0 Å². The molecule has 0 bridgehead atoms. The fourth-order valence-electron chi connectivity index (χ4n) is 1.63. The molecule has 0 fully saturated rings. The number of carboxylic acid groups (broad SMARTS) is 1. The fraction of sp³-hybridized carbons (Fsp3) is 0.200. The standard InChI is InChI=1S/C10H7FO3/c11-8-4-6-5(1-2-9(6)12)3-7(8)10(13)14/h3-4H,1-2H2,(H,13,14). The quantitative estimate of drug-likeness (QED) is 0.739. The van der Waals surface area contributed by atoms with Crippen molar-refractivity contribution < 1.29 is 19.1 Å². The van der Waals surface area contributed by atoms with E-state index in [1.807, 2.05) is 0 Å². The molecule has 2 rings (SSSR count). The molecule has 0 radical (unpaired) electrons. The maximum atomic E-state index is 13.1. The first-order chi connectivity index (χ1) is 6.59. The van der Waals surface area contributed by atoms with Gasteiger partial charge in [0.1, 0.15) is 5.82 Å². The van der Waals surface area contributed by atoms with Crippen molar-refractivity contribution in [1.29, 1.82) is 0 Å². The first-order valence-corrected chi connectivity index (χ1v) is 4.18. The molecule has 0 amide bonds. The van der Waals surface area contributed by atoms with Crippen LogP contribution < -0.4 is 0 Å². The number of rotatable bonds is 1. The molecule has 1 aliphatic rings. The van der Waals surface area contributed by atoms with Gasteiger partial charge in [0.15, 0.2) is 5.78 Å². The third-order valence-electron chi connectivity index (χ3n) is 2.35. The van der Waals surface area contributed by atoms with Crippen molar-refractivity contribution in [2.45, 2.75) is 12.8 Å². The largest absolute Gasteiger partial charge is 0.478 e. The first kappa shape index (κ1) is 8.87. The number of carbonyl (C=O) groups excluding carboxylic acids is 1. The third kappa shape index (κ3) is 1.19. The molecule has 0 atom stereocenters. The van der Waals surface area contributed by atoms with Gasteiger partial charge < -0.3 is 5.11 Å². The number of aromatic carboxylic acids is 1. The van der Waals surface area contributed by atoms with Gasteiger partial charge in [-0.2, -0.15) is 0 Å². The summed E-state index contributed by atoms with van der Waals surface area (Å²) < 4.78 is 13.1. The van der Waals surface area contributed by atoms with Crippen LogP contribution in [-0.4, -0.2) is 16.9 Å². The van der Waals surface area contributed by atoms with E-state index < -0.39 is 11.8 Å². The molecule has 14 heavy (non-hydrogen) atoms. The monoisotopic (exact) mass is 194 g/mol. The van der Waals surface area contributed by atoms with E-state index in [4.69, 9.17) is 5.11 Å². The van der Waals surface area contributed by atoms with Crippen molar-refractivity contribution in [2.24, 2.45) is 0 Å². The maximum Gasteiger partial charge on any atom is 0.338 e. The zero-order valence-electron chi connectivity index (χ0n) is 7.21. The summed E-state index contributed by atoms with van der Waals surface area (Å²) in [6.45, 7) is 0. The minimum Gasteiger partial charge on any atom is -0.478 e. The van der Waals surface area contributed by atoms with Crippen LogP contribution in [0.25, 0.3) is 0 Å². The Balaban J connectivity index is 2.61. The molecule has 0 heterocycles. The molecule has 4 heteroatoms. The van der Waals surface area contributed by atoms with E-state index in [0.29, 0.717) is 24.0 Å². The van der Waals surface area contributed by atoms with Gasteiger partial charge in [0.2, 0.25) is 0 Å². The highest BCUT2D eigenvalue weighted by molar-refractivity contribution is 6.01. The van der Waals surface area contributed by atoms with Crippen molar-refractivity contribution in [2.75, 3.05) is 0 Å². The lowest BCUT2D eigenvalue weighted by Gasteiger charge is -2.01. The average molecular weight is 194 g/mol. The van der Waals surface area contributed by atoms with Crippen molar-refractivity contribution in [3.05, 3.63) is 34.6 Å². The number of carbonyl (C=O) groups is 2. The summed E-state index contributed by atoms with van der Waals surface area (Å²) in [7, 11) is 0. The lowest BCUT2D eigenvalue weighted by atomic mass is 10.1. The smallest absolute Gasteiger partial charge is 0.338 e. The van der Waals surface area contributed by atoms with Crippen LogP contribution >= 0.6 is 0 Å². The van der Waals surface area contributed by atoms with Crippen molar-refractivity contribution in [1.82, 2.24) is 0 Å². The van der Waals surface area contributed by atoms with Crippen LogP contribution in [0.3, 0.4) is 0 Å². The van der Waals surface area contributed by atoms with Gasteiger partial charge in [-0.1, -0.05) is 0 Å². The highest BCUT2D eigenvalue weighted by Gasteiger charge is 2.23. The topological polar surface area (TPSA) is 54.4 Å². The second-order valence-electron chi connectivity index (χ2n) is 3.22. The van der Waals surface area contributed by atoms with Crippen LogP contribution in [0.2, 0.25) is 0 Å². The Hall–Kier alpha value is -1.71. The average Bonchev–Trinajstić information content (AvgIpc) is 2.46. The summed E-state index contributed by atoms with van der Waals surface area (Å²) >= 11 is 0. The summed E-state index contributed by atoms with van der Waals surface area (Å²) in [6, 6.07) is 2.27. The Kier molecular flexibility index (Phi) is 1.84. The van der Waals surface area contributed by atoms with Gasteiger partial charge in [-0.3, -0.25) is 4.79 Å². The number of aryl methyl sites for hydroxylation is 1. The van der Waals surface area contributed by atoms with Crippen molar-refractivity contribution in [3.8, 4) is 0 Å². The maximum absolute atomic E-state index is 13.1. The molecule has 1 aromatic rings. The highest BCUT2D eigenvalue weighted by Crippen LogP contribution is 2.24. The molecule has 72 valence electrons. The summed E-state index contributed by atoms with van der Waals surface area (Å²) in [5, 5.41) is 8.64. The molecule has 0 aromatic heterocycles. The van der Waals surface area contributed by atoms with E-state index in [2.05, 4.69) is 0 Å². The fourth-order valence-corrected chi connectivity index (χ4v) is 1.63. The molecular weight excluding hydrogens is 187 g/mol. The van der Waals surface area contributed by atoms with Crippen LogP contribution in [0.1, 0.15) is 32.7 Å². The Bertz CT molecular complexity index is 437. The minimum atomic E-state index is -1.30. The van der Waals surface area contributed by atoms with Gasteiger partial charge in [0.05, 0.1) is 5.56 Å². The molecule has 0 spiro atoms. The Morgan fingerprint density at radius 3 is 2.71 bits per heavy atom. The number of benzene rings is 1. The molecule has 0 saturated heterocycles. The van der Waals surface area contributed by atoms with Crippen LogP contribution in [0.15, 0.2) is 12.1 Å². The van der Waals surface area contributed by atoms with Crippen LogP contribution in [0, 0.1) is 5.82 Å². The SMILES string of the molecule is O=C(O)c1cc2c(cc1F)C(=O)CC2. The Labute approximate surface area is 79.2 Å². The summed E-state index contributed by atoms with van der Waals surface area (Å²) in [4.78, 5) is 21.8. The molecule has 3 nitrogen and oxygen atoms in total. The second kappa shape index (κ2) is 2.90. The summed E-state index contributed by atoms with van der Waals surface area (Å²) in [5.74, 6) is -2.26. The summed E-state index contributed by atoms with van der Waals surface area (Å²) in [5.41, 5.74) is 0.597. The van der Waals surface area contributed by atoms with E-state index in [-0.39, 0.29) is 11.3 Å². The molecule has 0 aliphatic heterocycles. The Morgan fingerprint density at radius 1 is 1.36 bits per heavy atom. The van der Waals surface area contributed by atoms with E-state index >= 15 is 0 Å². The highest BCUT2D eigenvalue weighted by atomic mass is 19.1. The minimum absolute atomic E-state index is 0.115. The number of ketones is 1. The van der Waals surface area contributed by atoms with Gasteiger partial charge in [-0.05, 0) is 24.1 Å². The van der Waals surface area contributed by atoms with Gasteiger partial charge >= 0.3 is 5.97 Å². The lowest BCUT2D eigenvalue weighted by molar-refractivity contribution is 0.0691. The molecule has 0 unspecified atom stereocenters. The number of hydrogen-bond donors (Lipinski definition) is 1. The number of halogens is 1. The van der Waals surface area contributed by atoms with Crippen LogP contribution in [0.4, 0.5) is 4.39 Å².